The number of guanidine groups is 1. The maximum Gasteiger partial charge on any atom is 0.316 e. The first-order chi connectivity index (χ1) is 19.0. The molecule has 3 heterocycles. The Bertz CT molecular complexity index is 1530. The minimum Gasteiger partial charge on any atom is -0.467 e. The van der Waals surface area contributed by atoms with Crippen LogP contribution in [0.2, 0.25) is 0 Å². The van der Waals surface area contributed by atoms with E-state index in [-0.39, 0.29) is 24.3 Å². The van der Waals surface area contributed by atoms with Crippen molar-refractivity contribution in [1.29, 1.82) is 0 Å². The van der Waals surface area contributed by atoms with Gasteiger partial charge in [-0.05, 0) is 28.8 Å². The molecule has 10 nitrogen and oxygen atoms in total. The molecule has 6 rings (SSSR count). The lowest BCUT2D eigenvalue weighted by atomic mass is 9.83. The van der Waals surface area contributed by atoms with Crippen LogP contribution >= 0.6 is 0 Å². The van der Waals surface area contributed by atoms with Crippen molar-refractivity contribution in [1.82, 2.24) is 24.6 Å². The largest absolute Gasteiger partial charge is 0.467 e. The summed E-state index contributed by atoms with van der Waals surface area (Å²) in [5.41, 5.74) is 7.89. The van der Waals surface area contributed by atoms with E-state index in [2.05, 4.69) is 10.2 Å². The van der Waals surface area contributed by atoms with Gasteiger partial charge in [0.05, 0.1) is 20.2 Å². The second kappa shape index (κ2) is 9.71. The second-order valence-corrected chi connectivity index (χ2v) is 9.49. The number of benzene rings is 3. The zero-order valence-corrected chi connectivity index (χ0v) is 21.4. The van der Waals surface area contributed by atoms with Gasteiger partial charge in [0, 0.05) is 18.7 Å². The average molecular weight is 522 g/mol. The number of nitrogens with two attached hydrogens (primary N) is 1. The molecule has 4 aromatic rings. The lowest BCUT2D eigenvalue weighted by Gasteiger charge is -2.28. The van der Waals surface area contributed by atoms with Crippen molar-refractivity contribution in [3.8, 4) is 6.01 Å². The highest BCUT2D eigenvalue weighted by molar-refractivity contribution is 6.09. The van der Waals surface area contributed by atoms with Gasteiger partial charge < -0.3 is 15.4 Å². The van der Waals surface area contributed by atoms with E-state index < -0.39 is 5.54 Å². The van der Waals surface area contributed by atoms with Gasteiger partial charge in [0.1, 0.15) is 0 Å². The number of fused-ring (bicyclic) bond motifs is 1. The number of carbonyl (C=O) groups excluding carboxylic acids is 2. The number of rotatable bonds is 6. The molecule has 2 aliphatic rings. The van der Waals surface area contributed by atoms with E-state index >= 15 is 0 Å². The van der Waals surface area contributed by atoms with Gasteiger partial charge in [-0.2, -0.15) is 0 Å². The Hall–Kier alpha value is -4.99. The van der Waals surface area contributed by atoms with Crippen LogP contribution in [0, 0.1) is 0 Å². The van der Waals surface area contributed by atoms with Crippen LogP contribution in [0.25, 0.3) is 0 Å². The first kappa shape index (κ1) is 24.4. The van der Waals surface area contributed by atoms with Gasteiger partial charge in [0.15, 0.2) is 17.3 Å². The summed E-state index contributed by atoms with van der Waals surface area (Å²) in [5, 5.41) is 8.16. The monoisotopic (exact) mass is 521 g/mol. The number of aliphatic imine (C=N–C) groups is 1. The highest BCUT2D eigenvalue weighted by atomic mass is 16.5. The summed E-state index contributed by atoms with van der Waals surface area (Å²) in [4.78, 5) is 35.4. The van der Waals surface area contributed by atoms with Crippen LogP contribution in [0.5, 0.6) is 6.01 Å². The van der Waals surface area contributed by atoms with E-state index in [0.29, 0.717) is 37.0 Å². The summed E-state index contributed by atoms with van der Waals surface area (Å²) < 4.78 is 7.10. The normalized spacial score (nSPS) is 16.1. The maximum absolute atomic E-state index is 14.1. The van der Waals surface area contributed by atoms with Gasteiger partial charge in [-0.25, -0.2) is 4.99 Å². The smallest absolute Gasteiger partial charge is 0.316 e. The van der Waals surface area contributed by atoms with Gasteiger partial charge >= 0.3 is 6.01 Å². The fourth-order valence-corrected chi connectivity index (χ4v) is 5.26. The number of amides is 2. The van der Waals surface area contributed by atoms with Crippen molar-refractivity contribution in [3.05, 3.63) is 113 Å². The summed E-state index contributed by atoms with van der Waals surface area (Å²) in [6, 6.07) is 26.6. The number of hydrogen-bond donors (Lipinski definition) is 1. The summed E-state index contributed by atoms with van der Waals surface area (Å²) >= 11 is 0. The van der Waals surface area contributed by atoms with E-state index in [0.717, 1.165) is 16.7 Å². The Morgan fingerprint density at radius 3 is 2.31 bits per heavy atom. The minimum absolute atomic E-state index is 0.123. The van der Waals surface area contributed by atoms with Crippen LogP contribution in [0.4, 0.5) is 0 Å². The van der Waals surface area contributed by atoms with E-state index in [1.807, 2.05) is 77.4 Å². The fraction of sp³-hybridized carbons (Fsp3) is 0.207. The van der Waals surface area contributed by atoms with Gasteiger partial charge in [-0.3, -0.25) is 19.1 Å². The summed E-state index contributed by atoms with van der Waals surface area (Å²) in [6.45, 7) is 1.57. The molecule has 196 valence electrons. The van der Waals surface area contributed by atoms with E-state index in [1.165, 1.54) is 4.90 Å². The minimum atomic E-state index is -1.27. The van der Waals surface area contributed by atoms with Gasteiger partial charge in [-0.1, -0.05) is 77.9 Å². The van der Waals surface area contributed by atoms with Crippen molar-refractivity contribution in [2.24, 2.45) is 10.7 Å². The van der Waals surface area contributed by atoms with E-state index in [1.54, 1.807) is 24.1 Å². The molecule has 0 saturated heterocycles. The second-order valence-electron chi connectivity index (χ2n) is 9.49. The lowest BCUT2D eigenvalue weighted by molar-refractivity contribution is -0.130. The topological polar surface area (TPSA) is 119 Å². The quantitative estimate of drug-likeness (QED) is 0.417. The molecule has 0 spiro atoms. The Labute approximate surface area is 225 Å². The molecule has 10 heteroatoms. The molecule has 0 atom stereocenters. The molecule has 0 unspecified atom stereocenters. The molecular formula is C29H27N7O3. The molecule has 2 N–H and O–H groups in total. The Balaban J connectivity index is 1.26. The molecule has 1 aromatic heterocycles. The zero-order valence-electron chi connectivity index (χ0n) is 21.4. The predicted molar refractivity (Wildman–Crippen MR) is 144 cm³/mol. The van der Waals surface area contributed by atoms with Crippen molar-refractivity contribution >= 4 is 17.8 Å². The van der Waals surface area contributed by atoms with Gasteiger partial charge in [0.2, 0.25) is 0 Å². The van der Waals surface area contributed by atoms with Crippen LogP contribution in [-0.2, 0) is 30.0 Å². The Morgan fingerprint density at radius 1 is 0.949 bits per heavy atom. The summed E-state index contributed by atoms with van der Waals surface area (Å²) in [7, 11) is 1.55. The molecule has 3 aromatic carbocycles. The maximum atomic E-state index is 14.1. The van der Waals surface area contributed by atoms with Gasteiger partial charge in [0.25, 0.3) is 11.8 Å². The highest BCUT2D eigenvalue weighted by Crippen LogP contribution is 2.40. The lowest BCUT2D eigenvalue weighted by Crippen LogP contribution is -2.43. The molecular weight excluding hydrogens is 494 g/mol. The highest BCUT2D eigenvalue weighted by Gasteiger charge is 2.50. The number of hydrogen-bond acceptors (Lipinski definition) is 7. The number of ether oxygens (including phenoxy) is 1. The summed E-state index contributed by atoms with van der Waals surface area (Å²) in [5.74, 6) is 0.446. The van der Waals surface area contributed by atoms with Crippen LogP contribution in [-0.4, -0.2) is 56.0 Å². The first-order valence-electron chi connectivity index (χ1n) is 12.6. The fourth-order valence-electron chi connectivity index (χ4n) is 5.26. The molecule has 2 aliphatic heterocycles. The number of carbonyl (C=O) groups is 2. The average Bonchev–Trinajstić information content (AvgIpc) is 3.51. The third kappa shape index (κ3) is 4.10. The summed E-state index contributed by atoms with van der Waals surface area (Å²) in [6.07, 6.45) is 0. The Morgan fingerprint density at radius 2 is 1.64 bits per heavy atom. The first-order valence-corrected chi connectivity index (χ1v) is 12.6. The van der Waals surface area contributed by atoms with Gasteiger partial charge in [-0.15, -0.1) is 5.10 Å². The van der Waals surface area contributed by atoms with Crippen molar-refractivity contribution in [2.45, 2.75) is 25.2 Å². The predicted octanol–water partition coefficient (Wildman–Crippen LogP) is 2.54. The molecule has 0 saturated carbocycles. The van der Waals surface area contributed by atoms with Crippen LogP contribution < -0.4 is 10.5 Å². The number of methoxy groups -OCH3 is 1. The van der Waals surface area contributed by atoms with Crippen LogP contribution in [0.3, 0.4) is 0 Å². The van der Waals surface area contributed by atoms with E-state index in [4.69, 9.17) is 15.5 Å². The molecule has 0 aliphatic carbocycles. The standard InChI is InChI=1S/C29H27N7O3/c1-39-28-33-32-24-19-34(15-16-35(24)28)25(37)21-10-8-9-20(17-21)18-36-26(38)29(31-27(36)30,22-11-4-2-5-12-22)23-13-6-3-7-14-23/h2-14,17H,15-16,18-19H2,1H3,(H2,30,31). The Kier molecular flexibility index (Phi) is 6.07. The third-order valence-electron chi connectivity index (χ3n) is 7.20. The SMILES string of the molecule is COc1nnc2n1CCN(C(=O)c1cccc(CN3C(=O)C(c4ccccc4)(c4ccccc4)N=C3N)c1)C2. The van der Waals surface area contributed by atoms with Crippen molar-refractivity contribution in [2.75, 3.05) is 13.7 Å². The zero-order chi connectivity index (χ0) is 27.0. The van der Waals surface area contributed by atoms with Crippen molar-refractivity contribution < 1.29 is 14.3 Å². The number of aromatic nitrogens is 3. The van der Waals surface area contributed by atoms with Crippen LogP contribution in [0.15, 0.2) is 89.9 Å². The molecule has 0 fully saturated rings. The molecule has 0 bridgehead atoms. The van der Waals surface area contributed by atoms with E-state index in [9.17, 15) is 9.59 Å². The molecule has 0 radical (unpaired) electrons. The number of nitrogens with zero attached hydrogens (tertiary/aromatic N) is 6. The third-order valence-corrected chi connectivity index (χ3v) is 7.20. The molecule has 39 heavy (non-hydrogen) atoms. The van der Waals surface area contributed by atoms with Crippen molar-refractivity contribution in [3.63, 3.8) is 0 Å². The van der Waals surface area contributed by atoms with Crippen LogP contribution in [0.1, 0.15) is 32.9 Å². The molecule has 2 amide bonds.